The van der Waals surface area contributed by atoms with Crippen molar-refractivity contribution in [3.05, 3.63) is 25.3 Å². The zero-order valence-electron chi connectivity index (χ0n) is 7.95. The number of amides is 2. The van der Waals surface area contributed by atoms with E-state index >= 15 is 0 Å². The first kappa shape index (κ1) is 17.5. The normalized spacial score (nSPS) is 6.31. The molecule has 4 N–H and O–H groups in total. The van der Waals surface area contributed by atoms with Crippen LogP contribution in [0.2, 0.25) is 0 Å². The Bertz CT molecular complexity index is 149. The van der Waals surface area contributed by atoms with Crippen LogP contribution in [0.15, 0.2) is 25.3 Å². The molecule has 0 aromatic rings. The third-order valence-corrected chi connectivity index (χ3v) is 0.402. The van der Waals surface area contributed by atoms with E-state index in [-0.39, 0.29) is 0 Å². The minimum atomic E-state index is -0.481. The molecule has 76 valence electrons. The summed E-state index contributed by atoms with van der Waals surface area (Å²) in [7, 11) is 3.25. The quantitative estimate of drug-likeness (QED) is 0.576. The molecule has 0 rings (SSSR count). The lowest BCUT2D eigenvalue weighted by Crippen LogP contribution is -2.04. The van der Waals surface area contributed by atoms with E-state index in [0.717, 1.165) is 12.2 Å². The molecule has 0 spiro atoms. The SMILES string of the molecule is C=CC(N)=O.C=CC(N)=O.COC. The highest BCUT2D eigenvalue weighted by Gasteiger charge is 1.69. The molecular weight excluding hydrogens is 172 g/mol. The predicted octanol–water partition coefficient (Wildman–Crippen LogP) is -0.422. The first-order valence-corrected chi connectivity index (χ1v) is 3.20. The molecule has 0 aliphatic rings. The van der Waals surface area contributed by atoms with Gasteiger partial charge in [0.15, 0.2) is 0 Å². The van der Waals surface area contributed by atoms with Crippen LogP contribution < -0.4 is 11.5 Å². The van der Waals surface area contributed by atoms with Crippen LogP contribution in [0.5, 0.6) is 0 Å². The van der Waals surface area contributed by atoms with Gasteiger partial charge in [0, 0.05) is 14.2 Å². The zero-order valence-corrected chi connectivity index (χ0v) is 7.95. The Morgan fingerprint density at radius 2 is 1.15 bits per heavy atom. The third kappa shape index (κ3) is 129. The van der Waals surface area contributed by atoms with Gasteiger partial charge in [0.2, 0.25) is 11.8 Å². The number of methoxy groups -OCH3 is 1. The second-order valence-corrected chi connectivity index (χ2v) is 1.62. The average Bonchev–Trinajstić information content (AvgIpc) is 2.07. The summed E-state index contributed by atoms with van der Waals surface area (Å²) in [5.41, 5.74) is 9.07. The first-order chi connectivity index (χ1) is 5.95. The molecule has 0 fully saturated rings. The van der Waals surface area contributed by atoms with E-state index in [1.165, 1.54) is 0 Å². The van der Waals surface area contributed by atoms with Crippen molar-refractivity contribution in [3.63, 3.8) is 0 Å². The van der Waals surface area contributed by atoms with Crippen LogP contribution in [0.4, 0.5) is 0 Å². The molecule has 0 aromatic carbocycles. The Morgan fingerprint density at radius 3 is 1.15 bits per heavy atom. The van der Waals surface area contributed by atoms with Crippen molar-refractivity contribution in [3.8, 4) is 0 Å². The van der Waals surface area contributed by atoms with Gasteiger partial charge in [-0.25, -0.2) is 0 Å². The van der Waals surface area contributed by atoms with Crippen LogP contribution in [-0.4, -0.2) is 26.0 Å². The van der Waals surface area contributed by atoms with Gasteiger partial charge in [-0.15, -0.1) is 0 Å². The Balaban J connectivity index is -0.000000120. The molecular formula is C8H16N2O3. The molecule has 0 bridgehead atoms. The Hall–Kier alpha value is -1.62. The van der Waals surface area contributed by atoms with Crippen LogP contribution in [-0.2, 0) is 14.3 Å². The molecule has 5 heteroatoms. The summed E-state index contributed by atoms with van der Waals surface area (Å²) >= 11 is 0. The number of primary amides is 2. The standard InChI is InChI=1S/2C3H5NO.C2H6O/c2*1-2-3(4)5;1-3-2/h2*2H,1H2,(H2,4,5);1-2H3. The lowest BCUT2D eigenvalue weighted by atomic mass is 10.6. The van der Waals surface area contributed by atoms with E-state index in [9.17, 15) is 9.59 Å². The maximum absolute atomic E-state index is 9.47. The van der Waals surface area contributed by atoms with E-state index in [1.807, 2.05) is 0 Å². The molecule has 0 unspecified atom stereocenters. The molecule has 0 aliphatic carbocycles. The highest BCUT2D eigenvalue weighted by molar-refractivity contribution is 5.85. The molecule has 0 aromatic heterocycles. The van der Waals surface area contributed by atoms with E-state index < -0.39 is 11.8 Å². The number of hydrogen-bond donors (Lipinski definition) is 2. The lowest BCUT2D eigenvalue weighted by Gasteiger charge is -1.65. The highest BCUT2D eigenvalue weighted by Crippen LogP contribution is 1.49. The molecule has 0 saturated heterocycles. The lowest BCUT2D eigenvalue weighted by molar-refractivity contribution is -0.114. The zero-order chi connectivity index (χ0) is 11.3. The third-order valence-electron chi connectivity index (χ3n) is 0.402. The summed E-state index contributed by atoms with van der Waals surface area (Å²) in [5.74, 6) is -0.963. The summed E-state index contributed by atoms with van der Waals surface area (Å²) in [5, 5.41) is 0. The Morgan fingerprint density at radius 1 is 1.08 bits per heavy atom. The minimum absolute atomic E-state index is 0.481. The number of nitrogens with two attached hydrogens (primary N) is 2. The van der Waals surface area contributed by atoms with Crippen LogP contribution >= 0.6 is 0 Å². The maximum atomic E-state index is 9.47. The predicted molar refractivity (Wildman–Crippen MR) is 51.7 cm³/mol. The monoisotopic (exact) mass is 188 g/mol. The Kier molecular flexibility index (Phi) is 22.5. The molecule has 0 heterocycles. The van der Waals surface area contributed by atoms with Crippen molar-refractivity contribution < 1.29 is 14.3 Å². The largest absolute Gasteiger partial charge is 0.388 e. The van der Waals surface area contributed by atoms with E-state index in [4.69, 9.17) is 0 Å². The second-order valence-electron chi connectivity index (χ2n) is 1.62. The van der Waals surface area contributed by atoms with Crippen LogP contribution in [0.3, 0.4) is 0 Å². The van der Waals surface area contributed by atoms with Crippen molar-refractivity contribution >= 4 is 11.8 Å². The number of carbonyl (C=O) groups excluding carboxylic acids is 2. The summed E-state index contributed by atoms with van der Waals surface area (Å²) in [6.45, 7) is 6.17. The van der Waals surface area contributed by atoms with Gasteiger partial charge in [0.05, 0.1) is 0 Å². The van der Waals surface area contributed by atoms with Gasteiger partial charge in [0.1, 0.15) is 0 Å². The molecule has 0 radical (unpaired) electrons. The smallest absolute Gasteiger partial charge is 0.240 e. The van der Waals surface area contributed by atoms with Crippen molar-refractivity contribution in [1.82, 2.24) is 0 Å². The molecule has 5 nitrogen and oxygen atoms in total. The van der Waals surface area contributed by atoms with Gasteiger partial charge in [-0.1, -0.05) is 13.2 Å². The van der Waals surface area contributed by atoms with Gasteiger partial charge in [-0.05, 0) is 12.2 Å². The number of ether oxygens (including phenoxy) is 1. The van der Waals surface area contributed by atoms with E-state index in [1.54, 1.807) is 14.2 Å². The molecule has 0 atom stereocenters. The summed E-state index contributed by atoms with van der Waals surface area (Å²) in [4.78, 5) is 18.9. The highest BCUT2D eigenvalue weighted by atomic mass is 16.4. The van der Waals surface area contributed by atoms with Crippen LogP contribution in [0, 0.1) is 0 Å². The van der Waals surface area contributed by atoms with E-state index in [0.29, 0.717) is 0 Å². The summed E-state index contributed by atoms with van der Waals surface area (Å²) in [6, 6.07) is 0. The van der Waals surface area contributed by atoms with Gasteiger partial charge in [-0.2, -0.15) is 0 Å². The van der Waals surface area contributed by atoms with E-state index in [2.05, 4.69) is 29.4 Å². The summed E-state index contributed by atoms with van der Waals surface area (Å²) in [6.07, 6.45) is 2.11. The van der Waals surface area contributed by atoms with Crippen LogP contribution in [0.1, 0.15) is 0 Å². The molecule has 0 saturated carbocycles. The number of rotatable bonds is 2. The summed E-state index contributed by atoms with van der Waals surface area (Å²) < 4.78 is 4.25. The van der Waals surface area contributed by atoms with Crippen molar-refractivity contribution in [1.29, 1.82) is 0 Å². The molecule has 0 aliphatic heterocycles. The minimum Gasteiger partial charge on any atom is -0.388 e. The van der Waals surface area contributed by atoms with Gasteiger partial charge in [0.25, 0.3) is 0 Å². The van der Waals surface area contributed by atoms with Crippen molar-refractivity contribution in [2.24, 2.45) is 11.5 Å². The van der Waals surface area contributed by atoms with Crippen molar-refractivity contribution in [2.75, 3.05) is 14.2 Å². The Labute approximate surface area is 78.0 Å². The molecule has 13 heavy (non-hydrogen) atoms. The van der Waals surface area contributed by atoms with Crippen molar-refractivity contribution in [2.45, 2.75) is 0 Å². The average molecular weight is 188 g/mol. The van der Waals surface area contributed by atoms with Crippen LogP contribution in [0.25, 0.3) is 0 Å². The second kappa shape index (κ2) is 16.8. The fourth-order valence-corrected chi connectivity index (χ4v) is 0. The number of carbonyl (C=O) groups is 2. The fourth-order valence-electron chi connectivity index (χ4n) is 0. The number of hydrogen-bond acceptors (Lipinski definition) is 3. The maximum Gasteiger partial charge on any atom is 0.240 e. The molecule has 2 amide bonds. The first-order valence-electron chi connectivity index (χ1n) is 3.20. The topological polar surface area (TPSA) is 95.4 Å². The van der Waals surface area contributed by atoms with Gasteiger partial charge in [-0.3, -0.25) is 9.59 Å². The van der Waals surface area contributed by atoms with Gasteiger partial charge < -0.3 is 16.2 Å². The van der Waals surface area contributed by atoms with Gasteiger partial charge >= 0.3 is 0 Å². The fraction of sp³-hybridized carbons (Fsp3) is 0.250.